The maximum absolute atomic E-state index is 11.7. The van der Waals surface area contributed by atoms with Gasteiger partial charge in [0.2, 0.25) is 0 Å². The van der Waals surface area contributed by atoms with Gasteiger partial charge in [-0.15, -0.1) is 0 Å². The number of hydrogen-bond acceptors (Lipinski definition) is 3. The second-order valence-corrected chi connectivity index (χ2v) is 4.47. The molecule has 1 fully saturated rings. The van der Waals surface area contributed by atoms with Crippen LogP contribution in [0.15, 0.2) is 18.2 Å². The van der Waals surface area contributed by atoms with E-state index in [9.17, 15) is 4.79 Å². The first-order valence-corrected chi connectivity index (χ1v) is 5.64. The van der Waals surface area contributed by atoms with Crippen molar-refractivity contribution in [2.75, 3.05) is 13.2 Å². The van der Waals surface area contributed by atoms with Crippen molar-refractivity contribution in [3.05, 3.63) is 23.8 Å². The van der Waals surface area contributed by atoms with Crippen LogP contribution in [0, 0.1) is 0 Å². The van der Waals surface area contributed by atoms with E-state index in [1.807, 2.05) is 18.2 Å². The summed E-state index contributed by atoms with van der Waals surface area (Å²) in [5, 5.41) is 0. The number of ether oxygens (including phenoxy) is 2. The molecular formula is C13H14O3. The standard InChI is InChI=1S/C13H14O3/c1-9(14)13(5-6-13)10-3-2-4-11-12(10)16-8-7-15-11/h2-4H,5-8H2,1H3. The fraction of sp³-hybridized carbons (Fsp3) is 0.462. The predicted octanol–water partition coefficient (Wildman–Crippen LogP) is 2.08. The second kappa shape index (κ2) is 3.24. The van der Waals surface area contributed by atoms with Gasteiger partial charge in [0.15, 0.2) is 11.5 Å². The number of benzene rings is 1. The Bertz CT molecular complexity index is 446. The molecule has 0 N–H and O–H groups in total. The number of carbonyl (C=O) groups is 1. The van der Waals surface area contributed by atoms with Crippen molar-refractivity contribution < 1.29 is 14.3 Å². The van der Waals surface area contributed by atoms with Crippen molar-refractivity contribution in [2.24, 2.45) is 0 Å². The number of rotatable bonds is 2. The first-order chi connectivity index (χ1) is 7.74. The minimum atomic E-state index is -0.286. The Labute approximate surface area is 94.4 Å². The summed E-state index contributed by atoms with van der Waals surface area (Å²) in [5.41, 5.74) is 0.726. The summed E-state index contributed by atoms with van der Waals surface area (Å²) in [6.07, 6.45) is 1.87. The molecule has 0 saturated heterocycles. The number of hydrogen-bond donors (Lipinski definition) is 0. The first-order valence-electron chi connectivity index (χ1n) is 5.64. The largest absolute Gasteiger partial charge is 0.486 e. The van der Waals surface area contributed by atoms with Gasteiger partial charge in [-0.2, -0.15) is 0 Å². The fourth-order valence-corrected chi connectivity index (χ4v) is 2.39. The van der Waals surface area contributed by atoms with Crippen molar-refractivity contribution in [2.45, 2.75) is 25.2 Å². The summed E-state index contributed by atoms with van der Waals surface area (Å²) in [4.78, 5) is 11.7. The van der Waals surface area contributed by atoms with E-state index >= 15 is 0 Å². The van der Waals surface area contributed by atoms with E-state index in [-0.39, 0.29) is 11.2 Å². The highest BCUT2D eigenvalue weighted by atomic mass is 16.6. The molecule has 1 aliphatic carbocycles. The number of fused-ring (bicyclic) bond motifs is 1. The lowest BCUT2D eigenvalue weighted by atomic mass is 9.91. The molecule has 0 amide bonds. The molecule has 3 nitrogen and oxygen atoms in total. The summed E-state index contributed by atoms with van der Waals surface area (Å²) >= 11 is 0. The molecule has 3 rings (SSSR count). The summed E-state index contributed by atoms with van der Waals surface area (Å²) in [7, 11) is 0. The first kappa shape index (κ1) is 9.70. The third-order valence-electron chi connectivity index (χ3n) is 3.51. The van der Waals surface area contributed by atoms with E-state index in [4.69, 9.17) is 9.47 Å². The van der Waals surface area contributed by atoms with Crippen molar-refractivity contribution in [3.63, 3.8) is 0 Å². The van der Waals surface area contributed by atoms with Crippen LogP contribution in [0.5, 0.6) is 11.5 Å². The molecule has 0 aromatic heterocycles. The molecule has 1 saturated carbocycles. The molecule has 0 unspecified atom stereocenters. The molecule has 0 spiro atoms. The highest BCUT2D eigenvalue weighted by Gasteiger charge is 2.51. The molecule has 1 aliphatic heterocycles. The molecule has 3 heteroatoms. The van der Waals surface area contributed by atoms with Crippen LogP contribution in [-0.4, -0.2) is 19.0 Å². The SMILES string of the molecule is CC(=O)C1(c2cccc3c2OCCO3)CC1. The van der Waals surface area contributed by atoms with E-state index < -0.39 is 0 Å². The Morgan fingerprint density at radius 2 is 2.00 bits per heavy atom. The average molecular weight is 218 g/mol. The second-order valence-electron chi connectivity index (χ2n) is 4.47. The van der Waals surface area contributed by atoms with Gasteiger partial charge >= 0.3 is 0 Å². The van der Waals surface area contributed by atoms with Crippen molar-refractivity contribution in [1.29, 1.82) is 0 Å². The van der Waals surface area contributed by atoms with Gasteiger partial charge in [0.25, 0.3) is 0 Å². The van der Waals surface area contributed by atoms with Crippen LogP contribution in [-0.2, 0) is 10.2 Å². The Kier molecular flexibility index (Phi) is 1.96. The van der Waals surface area contributed by atoms with Gasteiger partial charge in [0.05, 0.1) is 5.41 Å². The van der Waals surface area contributed by atoms with Crippen molar-refractivity contribution in [3.8, 4) is 11.5 Å². The van der Waals surface area contributed by atoms with E-state index in [1.54, 1.807) is 6.92 Å². The summed E-state index contributed by atoms with van der Waals surface area (Å²) in [6, 6.07) is 5.82. The van der Waals surface area contributed by atoms with Crippen LogP contribution >= 0.6 is 0 Å². The zero-order chi connectivity index (χ0) is 11.2. The number of Topliss-reactive ketones (excluding diaryl/α,β-unsaturated/α-hetero) is 1. The highest BCUT2D eigenvalue weighted by molar-refractivity contribution is 5.92. The van der Waals surface area contributed by atoms with Crippen LogP contribution in [0.4, 0.5) is 0 Å². The highest BCUT2D eigenvalue weighted by Crippen LogP contribution is 2.54. The predicted molar refractivity (Wildman–Crippen MR) is 59.0 cm³/mol. The average Bonchev–Trinajstić information content (AvgIpc) is 3.09. The smallest absolute Gasteiger partial charge is 0.165 e. The van der Waals surface area contributed by atoms with Crippen LogP contribution in [0.25, 0.3) is 0 Å². The maximum Gasteiger partial charge on any atom is 0.165 e. The quantitative estimate of drug-likeness (QED) is 0.762. The van der Waals surface area contributed by atoms with Gasteiger partial charge in [0.1, 0.15) is 19.0 Å². The third kappa shape index (κ3) is 1.24. The Hall–Kier alpha value is -1.51. The van der Waals surface area contributed by atoms with Crippen LogP contribution in [0.2, 0.25) is 0 Å². The Balaban J connectivity index is 2.11. The lowest BCUT2D eigenvalue weighted by molar-refractivity contribution is -0.119. The topological polar surface area (TPSA) is 35.5 Å². The molecule has 2 aliphatic rings. The Morgan fingerprint density at radius 3 is 2.69 bits per heavy atom. The van der Waals surface area contributed by atoms with Crippen LogP contribution < -0.4 is 9.47 Å². The van der Waals surface area contributed by atoms with Crippen LogP contribution in [0.1, 0.15) is 25.3 Å². The molecule has 16 heavy (non-hydrogen) atoms. The summed E-state index contributed by atoms with van der Waals surface area (Å²) in [5.74, 6) is 1.78. The fourth-order valence-electron chi connectivity index (χ4n) is 2.39. The lowest BCUT2D eigenvalue weighted by Crippen LogP contribution is -2.22. The molecule has 0 bridgehead atoms. The number of ketones is 1. The van der Waals surface area contributed by atoms with Gasteiger partial charge in [-0.05, 0) is 25.8 Å². The summed E-state index contributed by atoms with van der Waals surface area (Å²) < 4.78 is 11.2. The minimum absolute atomic E-state index is 0.232. The van der Waals surface area contributed by atoms with E-state index in [1.165, 1.54) is 0 Å². The van der Waals surface area contributed by atoms with Gasteiger partial charge in [-0.25, -0.2) is 0 Å². The minimum Gasteiger partial charge on any atom is -0.486 e. The number of para-hydroxylation sites is 1. The molecule has 1 heterocycles. The zero-order valence-corrected chi connectivity index (χ0v) is 9.29. The van der Waals surface area contributed by atoms with Crippen molar-refractivity contribution in [1.82, 2.24) is 0 Å². The molecular weight excluding hydrogens is 204 g/mol. The molecule has 0 radical (unpaired) electrons. The van der Waals surface area contributed by atoms with Gasteiger partial charge in [-0.3, -0.25) is 4.79 Å². The molecule has 1 aromatic carbocycles. The van der Waals surface area contributed by atoms with Gasteiger partial charge in [-0.1, -0.05) is 12.1 Å². The molecule has 1 aromatic rings. The number of carbonyl (C=O) groups excluding carboxylic acids is 1. The Morgan fingerprint density at radius 1 is 1.25 bits per heavy atom. The van der Waals surface area contributed by atoms with E-state index in [0.29, 0.717) is 13.2 Å². The molecule has 84 valence electrons. The van der Waals surface area contributed by atoms with Crippen molar-refractivity contribution >= 4 is 5.78 Å². The third-order valence-corrected chi connectivity index (χ3v) is 3.51. The normalized spacial score (nSPS) is 20.3. The van der Waals surface area contributed by atoms with Gasteiger partial charge < -0.3 is 9.47 Å². The van der Waals surface area contributed by atoms with E-state index in [0.717, 1.165) is 29.9 Å². The monoisotopic (exact) mass is 218 g/mol. The van der Waals surface area contributed by atoms with E-state index in [2.05, 4.69) is 0 Å². The summed E-state index contributed by atoms with van der Waals surface area (Å²) in [6.45, 7) is 2.82. The van der Waals surface area contributed by atoms with Crippen LogP contribution in [0.3, 0.4) is 0 Å². The molecule has 0 atom stereocenters. The maximum atomic E-state index is 11.7. The lowest BCUT2D eigenvalue weighted by Gasteiger charge is -2.23. The zero-order valence-electron chi connectivity index (χ0n) is 9.29. The van der Waals surface area contributed by atoms with Gasteiger partial charge in [0, 0.05) is 5.56 Å².